The maximum absolute atomic E-state index is 12.6. The SMILES string of the molecule is O=C(O)c1ccc(C(=O)N2CCSC3(CCCCC3)C2)s1. The van der Waals surface area contributed by atoms with Crippen molar-refractivity contribution in [2.24, 2.45) is 0 Å². The summed E-state index contributed by atoms with van der Waals surface area (Å²) < 4.78 is 0.249. The van der Waals surface area contributed by atoms with Crippen molar-refractivity contribution < 1.29 is 14.7 Å². The number of carbonyl (C=O) groups is 2. The van der Waals surface area contributed by atoms with Gasteiger partial charge in [-0.05, 0) is 25.0 Å². The van der Waals surface area contributed by atoms with Crippen LogP contribution < -0.4 is 0 Å². The summed E-state index contributed by atoms with van der Waals surface area (Å²) in [6.07, 6.45) is 6.23. The Morgan fingerprint density at radius 3 is 2.52 bits per heavy atom. The molecule has 1 aromatic rings. The van der Waals surface area contributed by atoms with Gasteiger partial charge in [0.25, 0.3) is 5.91 Å². The maximum atomic E-state index is 12.6. The van der Waals surface area contributed by atoms with Crippen LogP contribution in [0.25, 0.3) is 0 Å². The number of hydrogen-bond donors (Lipinski definition) is 1. The molecule has 1 aromatic heterocycles. The summed E-state index contributed by atoms with van der Waals surface area (Å²) in [7, 11) is 0. The number of aromatic carboxylic acids is 1. The molecule has 21 heavy (non-hydrogen) atoms. The molecule has 0 bridgehead atoms. The molecule has 1 aliphatic heterocycles. The fraction of sp³-hybridized carbons (Fsp3) is 0.600. The Morgan fingerprint density at radius 1 is 1.14 bits per heavy atom. The second-order valence-electron chi connectivity index (χ2n) is 5.79. The molecule has 114 valence electrons. The van der Waals surface area contributed by atoms with Crippen LogP contribution in [0.1, 0.15) is 51.4 Å². The monoisotopic (exact) mass is 325 g/mol. The van der Waals surface area contributed by atoms with Crippen LogP contribution in [0.4, 0.5) is 0 Å². The van der Waals surface area contributed by atoms with Crippen molar-refractivity contribution in [2.45, 2.75) is 36.9 Å². The van der Waals surface area contributed by atoms with Gasteiger partial charge >= 0.3 is 5.97 Å². The number of thiophene rings is 1. The van der Waals surface area contributed by atoms with Crippen LogP contribution >= 0.6 is 23.1 Å². The fourth-order valence-corrected chi connectivity index (χ4v) is 5.62. The van der Waals surface area contributed by atoms with E-state index in [2.05, 4.69) is 0 Å². The van der Waals surface area contributed by atoms with Gasteiger partial charge in [-0.15, -0.1) is 11.3 Å². The summed E-state index contributed by atoms with van der Waals surface area (Å²) in [4.78, 5) is 26.2. The summed E-state index contributed by atoms with van der Waals surface area (Å²) in [6, 6.07) is 3.17. The van der Waals surface area contributed by atoms with Crippen molar-refractivity contribution in [1.29, 1.82) is 0 Å². The lowest BCUT2D eigenvalue weighted by Crippen LogP contribution is -2.49. The van der Waals surface area contributed by atoms with Crippen molar-refractivity contribution in [2.75, 3.05) is 18.8 Å². The summed E-state index contributed by atoms with van der Waals surface area (Å²) in [6.45, 7) is 1.59. The highest BCUT2D eigenvalue weighted by Crippen LogP contribution is 2.43. The molecule has 0 aromatic carbocycles. The van der Waals surface area contributed by atoms with Gasteiger partial charge in [0.05, 0.1) is 4.88 Å². The number of carboxylic acids is 1. The summed E-state index contributed by atoms with van der Waals surface area (Å²) in [5, 5.41) is 8.97. The third-order valence-electron chi connectivity index (χ3n) is 4.33. The van der Waals surface area contributed by atoms with E-state index in [1.165, 1.54) is 38.2 Å². The van der Waals surface area contributed by atoms with Gasteiger partial charge in [0.1, 0.15) is 4.88 Å². The van der Waals surface area contributed by atoms with Crippen molar-refractivity contribution in [3.8, 4) is 0 Å². The van der Waals surface area contributed by atoms with Crippen LogP contribution in [0.5, 0.6) is 0 Å². The molecular formula is C15H19NO3S2. The fourth-order valence-electron chi connectivity index (χ4n) is 3.24. The van der Waals surface area contributed by atoms with E-state index in [0.717, 1.165) is 30.2 Å². The Bertz CT molecular complexity index is 543. The van der Waals surface area contributed by atoms with Crippen LogP contribution in [-0.4, -0.2) is 45.5 Å². The molecule has 1 N–H and O–H groups in total. The number of rotatable bonds is 2. The molecule has 2 heterocycles. The Morgan fingerprint density at radius 2 is 1.86 bits per heavy atom. The second-order valence-corrected chi connectivity index (χ2v) is 8.43. The number of amides is 1. The first-order valence-corrected chi connectivity index (χ1v) is 9.16. The number of carbonyl (C=O) groups excluding carboxylic acids is 1. The molecule has 0 unspecified atom stereocenters. The molecule has 1 saturated carbocycles. The van der Waals surface area contributed by atoms with E-state index in [-0.39, 0.29) is 15.5 Å². The molecule has 2 fully saturated rings. The molecule has 1 spiro atoms. The third-order valence-corrected chi connectivity index (χ3v) is 6.93. The molecular weight excluding hydrogens is 306 g/mol. The summed E-state index contributed by atoms with van der Waals surface area (Å²) >= 11 is 3.11. The zero-order valence-corrected chi connectivity index (χ0v) is 13.5. The van der Waals surface area contributed by atoms with Gasteiger partial charge in [0, 0.05) is 23.6 Å². The minimum absolute atomic E-state index is 0.00208. The van der Waals surface area contributed by atoms with Crippen molar-refractivity contribution in [3.63, 3.8) is 0 Å². The van der Waals surface area contributed by atoms with Gasteiger partial charge < -0.3 is 10.0 Å². The zero-order chi connectivity index (χ0) is 14.9. The lowest BCUT2D eigenvalue weighted by atomic mass is 9.87. The molecule has 0 radical (unpaired) electrons. The summed E-state index contributed by atoms with van der Waals surface area (Å²) in [5.41, 5.74) is 0. The second kappa shape index (κ2) is 6.01. The Balaban J connectivity index is 1.73. The first kappa shape index (κ1) is 14.9. The molecule has 0 atom stereocenters. The molecule has 1 aliphatic carbocycles. The van der Waals surface area contributed by atoms with Crippen LogP contribution in [0, 0.1) is 0 Å². The molecule has 1 saturated heterocycles. The number of hydrogen-bond acceptors (Lipinski definition) is 4. The smallest absolute Gasteiger partial charge is 0.345 e. The average molecular weight is 325 g/mol. The lowest BCUT2D eigenvalue weighted by molar-refractivity contribution is 0.0701. The van der Waals surface area contributed by atoms with Crippen LogP contribution in [-0.2, 0) is 0 Å². The largest absolute Gasteiger partial charge is 0.477 e. The number of thioether (sulfide) groups is 1. The van der Waals surface area contributed by atoms with E-state index in [1.54, 1.807) is 6.07 Å². The van der Waals surface area contributed by atoms with Crippen LogP contribution in [0.3, 0.4) is 0 Å². The van der Waals surface area contributed by atoms with Gasteiger partial charge in [-0.25, -0.2) is 4.79 Å². The van der Waals surface area contributed by atoms with E-state index in [9.17, 15) is 9.59 Å². The minimum Gasteiger partial charge on any atom is -0.477 e. The lowest BCUT2D eigenvalue weighted by Gasteiger charge is -2.44. The van der Waals surface area contributed by atoms with E-state index < -0.39 is 5.97 Å². The predicted octanol–water partition coefficient (Wildman–Crippen LogP) is 3.34. The molecule has 6 heteroatoms. The first-order chi connectivity index (χ1) is 10.1. The van der Waals surface area contributed by atoms with Gasteiger partial charge in [-0.1, -0.05) is 19.3 Å². The standard InChI is InChI=1S/C15H19NO3S2/c17-13(11-4-5-12(21-11)14(18)19)16-8-9-20-15(10-16)6-2-1-3-7-15/h4-5H,1-3,6-10H2,(H,18,19). The van der Waals surface area contributed by atoms with E-state index >= 15 is 0 Å². The van der Waals surface area contributed by atoms with Crippen molar-refractivity contribution in [1.82, 2.24) is 4.90 Å². The minimum atomic E-state index is -0.961. The normalized spacial score (nSPS) is 21.4. The number of carboxylic acid groups (broad SMARTS) is 1. The average Bonchev–Trinajstić information content (AvgIpc) is 2.97. The Kier molecular flexibility index (Phi) is 4.26. The summed E-state index contributed by atoms with van der Waals surface area (Å²) in [5.74, 6) is 0.0258. The highest BCUT2D eigenvalue weighted by atomic mass is 32.2. The van der Waals surface area contributed by atoms with E-state index in [4.69, 9.17) is 5.11 Å². The van der Waals surface area contributed by atoms with Gasteiger partial charge in [-0.2, -0.15) is 11.8 Å². The Labute approximate surface area is 132 Å². The highest BCUT2D eigenvalue weighted by Gasteiger charge is 2.39. The van der Waals surface area contributed by atoms with Crippen LogP contribution in [0.15, 0.2) is 12.1 Å². The quantitative estimate of drug-likeness (QED) is 0.906. The molecule has 3 rings (SSSR count). The van der Waals surface area contributed by atoms with E-state index in [0.29, 0.717) is 4.88 Å². The van der Waals surface area contributed by atoms with Gasteiger partial charge in [0.2, 0.25) is 0 Å². The van der Waals surface area contributed by atoms with Gasteiger partial charge in [-0.3, -0.25) is 4.79 Å². The maximum Gasteiger partial charge on any atom is 0.345 e. The molecule has 4 nitrogen and oxygen atoms in total. The van der Waals surface area contributed by atoms with Crippen LogP contribution in [0.2, 0.25) is 0 Å². The number of nitrogens with zero attached hydrogens (tertiary/aromatic N) is 1. The topological polar surface area (TPSA) is 57.6 Å². The van der Waals surface area contributed by atoms with Crippen molar-refractivity contribution >= 4 is 35.0 Å². The van der Waals surface area contributed by atoms with Gasteiger partial charge in [0.15, 0.2) is 0 Å². The third kappa shape index (κ3) is 3.11. The molecule has 1 amide bonds. The zero-order valence-electron chi connectivity index (χ0n) is 11.8. The first-order valence-electron chi connectivity index (χ1n) is 7.36. The Hall–Kier alpha value is -1.01. The predicted molar refractivity (Wildman–Crippen MR) is 85.5 cm³/mol. The van der Waals surface area contributed by atoms with Crippen molar-refractivity contribution in [3.05, 3.63) is 21.9 Å². The van der Waals surface area contributed by atoms with E-state index in [1.807, 2.05) is 16.7 Å². The molecule has 2 aliphatic rings. The highest BCUT2D eigenvalue weighted by molar-refractivity contribution is 8.00.